The van der Waals surface area contributed by atoms with E-state index in [-0.39, 0.29) is 11.9 Å². The fraction of sp³-hybridized carbons (Fsp3) is 0.588. The summed E-state index contributed by atoms with van der Waals surface area (Å²) in [4.78, 5) is 16.9. The second-order valence-corrected chi connectivity index (χ2v) is 5.68. The fourth-order valence-electron chi connectivity index (χ4n) is 2.86. The third-order valence-corrected chi connectivity index (χ3v) is 4.12. The molecule has 1 amide bonds. The molecule has 1 heterocycles. The molecule has 4 heteroatoms. The van der Waals surface area contributed by atoms with Crippen LogP contribution < -0.4 is 10.2 Å². The maximum Gasteiger partial charge on any atom is 0.254 e. The van der Waals surface area contributed by atoms with E-state index in [0.717, 1.165) is 44.7 Å². The van der Waals surface area contributed by atoms with Gasteiger partial charge in [-0.3, -0.25) is 4.79 Å². The minimum absolute atomic E-state index is 0.147. The topological polar surface area (TPSA) is 35.6 Å². The SMILES string of the molecule is CCCN(CC)c1ccc(C(=O)N2CCNCC2C)cc1. The van der Waals surface area contributed by atoms with Crippen LogP contribution in [0.25, 0.3) is 0 Å². The van der Waals surface area contributed by atoms with Gasteiger partial charge >= 0.3 is 0 Å². The zero-order valence-electron chi connectivity index (χ0n) is 13.4. The molecule has 2 rings (SSSR count). The van der Waals surface area contributed by atoms with E-state index >= 15 is 0 Å². The molecule has 1 aliphatic heterocycles. The van der Waals surface area contributed by atoms with Gasteiger partial charge in [-0.05, 0) is 44.5 Å². The number of amides is 1. The minimum atomic E-state index is 0.147. The van der Waals surface area contributed by atoms with E-state index in [1.807, 2.05) is 17.0 Å². The van der Waals surface area contributed by atoms with Crippen LogP contribution in [0.5, 0.6) is 0 Å². The van der Waals surface area contributed by atoms with E-state index in [1.54, 1.807) is 0 Å². The van der Waals surface area contributed by atoms with E-state index in [9.17, 15) is 4.79 Å². The van der Waals surface area contributed by atoms with Crippen LogP contribution >= 0.6 is 0 Å². The minimum Gasteiger partial charge on any atom is -0.372 e. The van der Waals surface area contributed by atoms with Crippen molar-refractivity contribution in [1.82, 2.24) is 10.2 Å². The Hall–Kier alpha value is -1.55. The van der Waals surface area contributed by atoms with E-state index in [0.29, 0.717) is 0 Å². The predicted molar refractivity (Wildman–Crippen MR) is 88.0 cm³/mol. The molecule has 1 aliphatic rings. The van der Waals surface area contributed by atoms with E-state index in [4.69, 9.17) is 0 Å². The van der Waals surface area contributed by atoms with Crippen molar-refractivity contribution in [2.75, 3.05) is 37.6 Å². The third-order valence-electron chi connectivity index (χ3n) is 4.12. The van der Waals surface area contributed by atoms with Crippen LogP contribution in [0.4, 0.5) is 5.69 Å². The van der Waals surface area contributed by atoms with Gasteiger partial charge < -0.3 is 15.1 Å². The molecule has 0 saturated carbocycles. The third kappa shape index (κ3) is 3.76. The highest BCUT2D eigenvalue weighted by Crippen LogP contribution is 2.17. The maximum atomic E-state index is 12.6. The summed E-state index contributed by atoms with van der Waals surface area (Å²) in [5, 5.41) is 3.32. The highest BCUT2D eigenvalue weighted by atomic mass is 16.2. The van der Waals surface area contributed by atoms with Crippen LogP contribution in [-0.4, -0.2) is 49.6 Å². The van der Waals surface area contributed by atoms with Gasteiger partial charge in [-0.15, -0.1) is 0 Å². The Morgan fingerprint density at radius 3 is 2.62 bits per heavy atom. The van der Waals surface area contributed by atoms with Gasteiger partial charge in [0.15, 0.2) is 0 Å². The number of hydrogen-bond acceptors (Lipinski definition) is 3. The van der Waals surface area contributed by atoms with Gasteiger partial charge in [-0.25, -0.2) is 0 Å². The lowest BCUT2D eigenvalue weighted by atomic mass is 10.1. The number of piperazine rings is 1. The van der Waals surface area contributed by atoms with Crippen LogP contribution in [0.1, 0.15) is 37.6 Å². The average molecular weight is 289 g/mol. The molecule has 1 fully saturated rings. The summed E-state index contributed by atoms with van der Waals surface area (Å²) in [7, 11) is 0. The molecule has 1 saturated heterocycles. The summed E-state index contributed by atoms with van der Waals surface area (Å²) in [5.74, 6) is 0.147. The van der Waals surface area contributed by atoms with E-state index in [1.165, 1.54) is 5.69 Å². The summed E-state index contributed by atoms with van der Waals surface area (Å²) in [5.41, 5.74) is 1.99. The van der Waals surface area contributed by atoms with Crippen LogP contribution in [-0.2, 0) is 0 Å². The molecule has 0 aliphatic carbocycles. The Bertz CT molecular complexity index is 458. The lowest BCUT2D eigenvalue weighted by Crippen LogP contribution is -2.52. The molecule has 0 spiro atoms. The van der Waals surface area contributed by atoms with Crippen LogP contribution in [0.2, 0.25) is 0 Å². The van der Waals surface area contributed by atoms with Gasteiger partial charge in [0.25, 0.3) is 5.91 Å². The molecule has 0 bridgehead atoms. The summed E-state index contributed by atoms with van der Waals surface area (Å²) in [6.07, 6.45) is 1.13. The lowest BCUT2D eigenvalue weighted by Gasteiger charge is -2.34. The zero-order valence-corrected chi connectivity index (χ0v) is 13.4. The molecule has 0 radical (unpaired) electrons. The molecule has 1 N–H and O–H groups in total. The summed E-state index contributed by atoms with van der Waals surface area (Å²) in [6.45, 7) is 11.0. The highest BCUT2D eigenvalue weighted by molar-refractivity contribution is 5.94. The van der Waals surface area contributed by atoms with Crippen LogP contribution in [0, 0.1) is 0 Å². The molecule has 0 aromatic heterocycles. The van der Waals surface area contributed by atoms with Gasteiger partial charge in [0, 0.05) is 50.0 Å². The van der Waals surface area contributed by atoms with Gasteiger partial charge in [-0.2, -0.15) is 0 Å². The van der Waals surface area contributed by atoms with E-state index in [2.05, 4.69) is 43.1 Å². The molecule has 1 atom stereocenters. The molecule has 4 nitrogen and oxygen atoms in total. The first-order valence-corrected chi connectivity index (χ1v) is 8.04. The smallest absolute Gasteiger partial charge is 0.254 e. The van der Waals surface area contributed by atoms with Crippen molar-refractivity contribution in [3.8, 4) is 0 Å². The first-order chi connectivity index (χ1) is 10.2. The highest BCUT2D eigenvalue weighted by Gasteiger charge is 2.23. The summed E-state index contributed by atoms with van der Waals surface area (Å²) in [6, 6.07) is 8.33. The number of rotatable bonds is 5. The number of benzene rings is 1. The predicted octanol–water partition coefficient (Wildman–Crippen LogP) is 2.36. The van der Waals surface area contributed by atoms with Crippen LogP contribution in [0.15, 0.2) is 24.3 Å². The number of hydrogen-bond donors (Lipinski definition) is 1. The van der Waals surface area contributed by atoms with Gasteiger partial charge in [0.05, 0.1) is 0 Å². The lowest BCUT2D eigenvalue weighted by molar-refractivity contribution is 0.0656. The molecular formula is C17H27N3O. The first kappa shape index (κ1) is 15.8. The number of carbonyl (C=O) groups excluding carboxylic acids is 1. The molecule has 1 aromatic carbocycles. The second kappa shape index (κ2) is 7.46. The van der Waals surface area contributed by atoms with Crippen molar-refractivity contribution >= 4 is 11.6 Å². The van der Waals surface area contributed by atoms with Crippen molar-refractivity contribution < 1.29 is 4.79 Å². The second-order valence-electron chi connectivity index (χ2n) is 5.68. The number of nitrogens with zero attached hydrogens (tertiary/aromatic N) is 2. The quantitative estimate of drug-likeness (QED) is 0.904. The number of carbonyl (C=O) groups is 1. The molecular weight excluding hydrogens is 262 g/mol. The van der Waals surface area contributed by atoms with Gasteiger partial charge in [-0.1, -0.05) is 6.92 Å². The van der Waals surface area contributed by atoms with Crippen molar-refractivity contribution in [3.05, 3.63) is 29.8 Å². The Balaban J connectivity index is 2.09. The molecule has 21 heavy (non-hydrogen) atoms. The molecule has 116 valence electrons. The van der Waals surface area contributed by atoms with E-state index < -0.39 is 0 Å². The zero-order chi connectivity index (χ0) is 15.2. The van der Waals surface area contributed by atoms with Crippen molar-refractivity contribution in [3.63, 3.8) is 0 Å². The molecule has 1 unspecified atom stereocenters. The Morgan fingerprint density at radius 1 is 1.33 bits per heavy atom. The van der Waals surface area contributed by atoms with Gasteiger partial charge in [0.1, 0.15) is 0 Å². The fourth-order valence-corrected chi connectivity index (χ4v) is 2.86. The van der Waals surface area contributed by atoms with Crippen LogP contribution in [0.3, 0.4) is 0 Å². The standard InChI is InChI=1S/C17H27N3O/c1-4-11-19(5-2)16-8-6-15(7-9-16)17(21)20-12-10-18-13-14(20)3/h6-9,14,18H,4-5,10-13H2,1-3H3. The monoisotopic (exact) mass is 289 g/mol. The van der Waals surface area contributed by atoms with Crippen molar-refractivity contribution in [2.24, 2.45) is 0 Å². The molecule has 1 aromatic rings. The summed E-state index contributed by atoms with van der Waals surface area (Å²) >= 11 is 0. The van der Waals surface area contributed by atoms with Crippen molar-refractivity contribution in [2.45, 2.75) is 33.2 Å². The Labute approximate surface area is 128 Å². The number of anilines is 1. The Morgan fingerprint density at radius 2 is 2.05 bits per heavy atom. The average Bonchev–Trinajstić information content (AvgIpc) is 2.52. The normalized spacial score (nSPS) is 18.6. The Kier molecular flexibility index (Phi) is 5.62. The largest absolute Gasteiger partial charge is 0.372 e. The maximum absolute atomic E-state index is 12.6. The van der Waals surface area contributed by atoms with Crippen molar-refractivity contribution in [1.29, 1.82) is 0 Å². The summed E-state index contributed by atoms with van der Waals surface area (Å²) < 4.78 is 0. The first-order valence-electron chi connectivity index (χ1n) is 8.04. The van der Waals surface area contributed by atoms with Gasteiger partial charge in [0.2, 0.25) is 0 Å². The number of nitrogens with one attached hydrogen (secondary N) is 1.